The van der Waals surface area contributed by atoms with Crippen LogP contribution in [0, 0.1) is 0 Å². The standard InChI is InChI=1S/C31H31ClN4O7/c1-4-41-30(38)28-19(2)34-31(39)35-29(28)22-11-12-25(26(15-22)40-3)43-18-27(37)36-33-16-20-7-6-10-24(14-20)42-17-21-8-5-9-23(32)13-21/h5-16,29H,4,17-18H2,1-3H3,(H,36,37)(H2,34,35,39)/b33-16+/t29-/m0/s1. The molecule has 4 rings (SSSR count). The van der Waals surface area contributed by atoms with E-state index >= 15 is 0 Å². The second-order valence-electron chi connectivity index (χ2n) is 9.27. The molecule has 0 radical (unpaired) electrons. The van der Waals surface area contributed by atoms with Gasteiger partial charge in [-0.3, -0.25) is 4.79 Å². The lowest BCUT2D eigenvalue weighted by Crippen LogP contribution is -2.45. The maximum Gasteiger partial charge on any atom is 0.338 e. The van der Waals surface area contributed by atoms with Gasteiger partial charge in [0.25, 0.3) is 5.91 Å². The van der Waals surface area contributed by atoms with Crippen LogP contribution in [0.2, 0.25) is 5.02 Å². The summed E-state index contributed by atoms with van der Waals surface area (Å²) in [5, 5.41) is 9.96. The number of carbonyl (C=O) groups excluding carboxylic acids is 3. The molecule has 0 unspecified atom stereocenters. The van der Waals surface area contributed by atoms with E-state index in [9.17, 15) is 14.4 Å². The fraction of sp³-hybridized carbons (Fsp3) is 0.226. The van der Waals surface area contributed by atoms with Gasteiger partial charge in [0.2, 0.25) is 0 Å². The summed E-state index contributed by atoms with van der Waals surface area (Å²) in [5.41, 5.74) is 5.31. The van der Waals surface area contributed by atoms with Crippen molar-refractivity contribution in [3.05, 3.63) is 99.7 Å². The van der Waals surface area contributed by atoms with Gasteiger partial charge in [0, 0.05) is 10.7 Å². The normalized spacial score (nSPS) is 14.5. The molecule has 43 heavy (non-hydrogen) atoms. The molecule has 1 heterocycles. The Morgan fingerprint density at radius 2 is 1.86 bits per heavy atom. The third-order valence-electron chi connectivity index (χ3n) is 6.20. The Balaban J connectivity index is 1.34. The summed E-state index contributed by atoms with van der Waals surface area (Å²) in [6.45, 7) is 3.53. The summed E-state index contributed by atoms with van der Waals surface area (Å²) < 4.78 is 22.1. The summed E-state index contributed by atoms with van der Waals surface area (Å²) in [7, 11) is 1.44. The van der Waals surface area contributed by atoms with Crippen molar-refractivity contribution in [3.8, 4) is 17.2 Å². The zero-order valence-corrected chi connectivity index (χ0v) is 24.6. The van der Waals surface area contributed by atoms with Crippen LogP contribution in [0.15, 0.2) is 83.1 Å². The van der Waals surface area contributed by atoms with Gasteiger partial charge in [-0.25, -0.2) is 15.0 Å². The predicted molar refractivity (Wildman–Crippen MR) is 160 cm³/mol. The molecule has 3 N–H and O–H groups in total. The van der Waals surface area contributed by atoms with E-state index in [1.165, 1.54) is 13.3 Å². The molecule has 0 saturated carbocycles. The highest BCUT2D eigenvalue weighted by atomic mass is 35.5. The number of ether oxygens (including phenoxy) is 4. The molecule has 12 heteroatoms. The number of methoxy groups -OCH3 is 1. The van der Waals surface area contributed by atoms with Crippen molar-refractivity contribution in [2.24, 2.45) is 5.10 Å². The van der Waals surface area contributed by atoms with Gasteiger partial charge < -0.3 is 29.6 Å². The van der Waals surface area contributed by atoms with E-state index in [2.05, 4.69) is 21.2 Å². The number of esters is 1. The lowest BCUT2D eigenvalue weighted by atomic mass is 9.95. The number of rotatable bonds is 12. The molecule has 0 saturated heterocycles. The van der Waals surface area contributed by atoms with Gasteiger partial charge in [-0.15, -0.1) is 0 Å². The fourth-order valence-corrected chi connectivity index (χ4v) is 4.45. The monoisotopic (exact) mass is 606 g/mol. The first-order valence-electron chi connectivity index (χ1n) is 13.3. The Kier molecular flexibility index (Phi) is 10.6. The van der Waals surface area contributed by atoms with Crippen LogP contribution in [0.25, 0.3) is 0 Å². The molecule has 1 atom stereocenters. The smallest absolute Gasteiger partial charge is 0.338 e. The number of hydrazone groups is 1. The van der Waals surface area contributed by atoms with Gasteiger partial charge in [-0.05, 0) is 66.9 Å². The highest BCUT2D eigenvalue weighted by Crippen LogP contribution is 2.34. The Morgan fingerprint density at radius 1 is 1.05 bits per heavy atom. The fourth-order valence-electron chi connectivity index (χ4n) is 4.24. The quantitative estimate of drug-likeness (QED) is 0.155. The van der Waals surface area contributed by atoms with Crippen molar-refractivity contribution in [3.63, 3.8) is 0 Å². The minimum absolute atomic E-state index is 0.185. The SMILES string of the molecule is CCOC(=O)C1=C(C)NC(=O)N[C@H]1c1ccc(OCC(=O)N/N=C/c2cccc(OCc3cccc(Cl)c3)c2)c(OC)c1. The number of carbonyl (C=O) groups is 3. The van der Waals surface area contributed by atoms with Gasteiger partial charge >= 0.3 is 12.0 Å². The van der Waals surface area contributed by atoms with E-state index in [1.54, 1.807) is 44.2 Å². The van der Waals surface area contributed by atoms with Crippen LogP contribution in [0.5, 0.6) is 17.2 Å². The average molecular weight is 607 g/mol. The van der Waals surface area contributed by atoms with Crippen LogP contribution >= 0.6 is 11.6 Å². The number of urea groups is 1. The number of amides is 3. The predicted octanol–water partition coefficient (Wildman–Crippen LogP) is 4.65. The summed E-state index contributed by atoms with van der Waals surface area (Å²) in [6.07, 6.45) is 1.49. The first-order valence-corrected chi connectivity index (χ1v) is 13.7. The minimum Gasteiger partial charge on any atom is -0.493 e. The lowest BCUT2D eigenvalue weighted by Gasteiger charge is -2.28. The summed E-state index contributed by atoms with van der Waals surface area (Å²) in [6, 6.07) is 18.3. The number of hydrogen-bond acceptors (Lipinski definition) is 8. The Labute approximate surface area is 253 Å². The first-order chi connectivity index (χ1) is 20.8. The van der Waals surface area contributed by atoms with Gasteiger partial charge in [-0.1, -0.05) is 41.9 Å². The lowest BCUT2D eigenvalue weighted by molar-refractivity contribution is -0.139. The maximum atomic E-state index is 12.6. The molecule has 0 bridgehead atoms. The summed E-state index contributed by atoms with van der Waals surface area (Å²) >= 11 is 6.02. The first kappa shape index (κ1) is 30.9. The van der Waals surface area contributed by atoms with Crippen molar-refractivity contribution in [1.82, 2.24) is 16.1 Å². The van der Waals surface area contributed by atoms with E-state index in [0.29, 0.717) is 34.4 Å². The summed E-state index contributed by atoms with van der Waals surface area (Å²) in [5.74, 6) is 0.180. The third kappa shape index (κ3) is 8.49. The molecule has 224 valence electrons. The maximum absolute atomic E-state index is 12.6. The largest absolute Gasteiger partial charge is 0.493 e. The Bertz CT molecular complexity index is 1560. The highest BCUT2D eigenvalue weighted by Gasteiger charge is 2.32. The van der Waals surface area contributed by atoms with Crippen molar-refractivity contribution in [2.75, 3.05) is 20.3 Å². The molecule has 0 aromatic heterocycles. The van der Waals surface area contributed by atoms with E-state index < -0.39 is 23.9 Å². The number of nitrogens with zero attached hydrogens (tertiary/aromatic N) is 1. The Hall–Kier alpha value is -5.03. The number of halogens is 1. The van der Waals surface area contributed by atoms with Crippen molar-refractivity contribution < 1.29 is 33.3 Å². The molecular weight excluding hydrogens is 576 g/mol. The van der Waals surface area contributed by atoms with Crippen molar-refractivity contribution in [1.29, 1.82) is 0 Å². The average Bonchev–Trinajstić information content (AvgIpc) is 2.99. The highest BCUT2D eigenvalue weighted by molar-refractivity contribution is 6.30. The summed E-state index contributed by atoms with van der Waals surface area (Å²) in [4.78, 5) is 37.1. The van der Waals surface area contributed by atoms with Gasteiger partial charge in [0.1, 0.15) is 12.4 Å². The molecule has 3 aromatic carbocycles. The van der Waals surface area contributed by atoms with Crippen molar-refractivity contribution in [2.45, 2.75) is 26.5 Å². The van der Waals surface area contributed by atoms with Crippen LogP contribution in [-0.4, -0.2) is 44.4 Å². The topological polar surface area (TPSA) is 137 Å². The van der Waals surface area contributed by atoms with Crippen LogP contribution in [0.3, 0.4) is 0 Å². The minimum atomic E-state index is -0.769. The number of benzene rings is 3. The number of allylic oxidation sites excluding steroid dienone is 1. The zero-order valence-electron chi connectivity index (χ0n) is 23.8. The van der Waals surface area contributed by atoms with Crippen LogP contribution in [0.4, 0.5) is 4.79 Å². The van der Waals surface area contributed by atoms with Crippen LogP contribution in [0.1, 0.15) is 36.6 Å². The van der Waals surface area contributed by atoms with Gasteiger partial charge in [0.15, 0.2) is 18.1 Å². The molecule has 3 aromatic rings. The van der Waals surface area contributed by atoms with E-state index in [-0.39, 0.29) is 24.5 Å². The molecule has 0 spiro atoms. The third-order valence-corrected chi connectivity index (χ3v) is 6.43. The molecule has 1 aliphatic heterocycles. The van der Waals surface area contributed by atoms with Gasteiger partial charge in [-0.2, -0.15) is 5.10 Å². The zero-order chi connectivity index (χ0) is 30.8. The second kappa shape index (κ2) is 14.7. The Morgan fingerprint density at radius 3 is 2.63 bits per heavy atom. The molecule has 11 nitrogen and oxygen atoms in total. The molecule has 3 amide bonds. The van der Waals surface area contributed by atoms with Crippen LogP contribution < -0.4 is 30.3 Å². The van der Waals surface area contributed by atoms with Crippen LogP contribution in [-0.2, 0) is 20.9 Å². The second-order valence-corrected chi connectivity index (χ2v) is 9.71. The molecule has 1 aliphatic rings. The van der Waals surface area contributed by atoms with E-state index in [4.69, 9.17) is 30.5 Å². The van der Waals surface area contributed by atoms with E-state index in [1.807, 2.05) is 36.4 Å². The molecule has 0 fully saturated rings. The van der Waals surface area contributed by atoms with E-state index in [0.717, 1.165) is 11.1 Å². The van der Waals surface area contributed by atoms with Crippen molar-refractivity contribution >= 4 is 35.7 Å². The molecular formula is C31H31ClN4O7. The number of hydrogen-bond donors (Lipinski definition) is 3. The molecule has 0 aliphatic carbocycles. The number of nitrogens with one attached hydrogen (secondary N) is 3. The van der Waals surface area contributed by atoms with Gasteiger partial charge in [0.05, 0.1) is 31.5 Å².